The fraction of sp³-hybridized carbons (Fsp3) is 0.556. The Morgan fingerprint density at radius 3 is 2.25 bits per heavy atom. The summed E-state index contributed by atoms with van der Waals surface area (Å²) in [4.78, 5) is 30.2. The first-order valence-electron chi connectivity index (χ1n) is 8.64. The van der Waals surface area contributed by atoms with E-state index in [1.165, 1.54) is 10.6 Å². The van der Waals surface area contributed by atoms with E-state index >= 15 is 0 Å². The number of urea groups is 1. The minimum absolute atomic E-state index is 0.124. The van der Waals surface area contributed by atoms with Crippen molar-refractivity contribution < 1.29 is 9.59 Å². The Bertz CT molecular complexity index is 594. The molecule has 0 aliphatic carbocycles. The Kier molecular flexibility index (Phi) is 4.76. The van der Waals surface area contributed by atoms with Gasteiger partial charge in [-0.25, -0.2) is 4.79 Å². The van der Waals surface area contributed by atoms with E-state index in [1.54, 1.807) is 13.8 Å². The monoisotopic (exact) mass is 330 g/mol. The van der Waals surface area contributed by atoms with Gasteiger partial charge in [0.1, 0.15) is 5.54 Å². The molecule has 24 heavy (non-hydrogen) atoms. The summed E-state index contributed by atoms with van der Waals surface area (Å²) in [6.07, 6.45) is 0.820. The summed E-state index contributed by atoms with van der Waals surface area (Å²) in [5.41, 5.74) is 0.511. The predicted octanol–water partition coefficient (Wildman–Crippen LogP) is 1.53. The van der Waals surface area contributed by atoms with E-state index in [0.717, 1.165) is 39.1 Å². The van der Waals surface area contributed by atoms with E-state index in [4.69, 9.17) is 0 Å². The molecule has 0 radical (unpaired) electrons. The highest BCUT2D eigenvalue weighted by atomic mass is 16.2. The molecule has 2 aliphatic rings. The minimum Gasteiger partial charge on any atom is -0.369 e. The van der Waals surface area contributed by atoms with Crippen LogP contribution in [0.4, 0.5) is 10.5 Å². The summed E-state index contributed by atoms with van der Waals surface area (Å²) in [6.45, 7) is 8.96. The molecule has 0 spiro atoms. The second-order valence-electron chi connectivity index (χ2n) is 7.03. The summed E-state index contributed by atoms with van der Waals surface area (Å²) in [5, 5.41) is 2.72. The van der Waals surface area contributed by atoms with E-state index in [0.29, 0.717) is 6.54 Å². The van der Waals surface area contributed by atoms with Crippen molar-refractivity contribution in [3.63, 3.8) is 0 Å². The number of para-hydroxylation sites is 1. The van der Waals surface area contributed by atoms with Crippen molar-refractivity contribution in [2.75, 3.05) is 44.2 Å². The number of amides is 3. The first-order chi connectivity index (χ1) is 11.5. The van der Waals surface area contributed by atoms with Crippen molar-refractivity contribution in [1.29, 1.82) is 0 Å². The van der Waals surface area contributed by atoms with Gasteiger partial charge in [-0.3, -0.25) is 14.6 Å². The van der Waals surface area contributed by atoms with Crippen LogP contribution in [0.5, 0.6) is 0 Å². The van der Waals surface area contributed by atoms with Crippen LogP contribution in [-0.2, 0) is 4.79 Å². The van der Waals surface area contributed by atoms with Crippen LogP contribution >= 0.6 is 0 Å². The number of anilines is 1. The lowest BCUT2D eigenvalue weighted by Crippen LogP contribution is -2.47. The molecule has 6 nitrogen and oxygen atoms in total. The molecule has 1 N–H and O–H groups in total. The molecule has 0 saturated carbocycles. The van der Waals surface area contributed by atoms with E-state index in [-0.39, 0.29) is 11.9 Å². The number of imide groups is 1. The first kappa shape index (κ1) is 16.8. The average Bonchev–Trinajstić information content (AvgIpc) is 2.78. The lowest BCUT2D eigenvalue weighted by molar-refractivity contribution is -0.130. The molecule has 1 aromatic rings. The Morgan fingerprint density at radius 1 is 1.00 bits per heavy atom. The van der Waals surface area contributed by atoms with Gasteiger partial charge in [-0.2, -0.15) is 0 Å². The highest BCUT2D eigenvalue weighted by Crippen LogP contribution is 2.18. The highest BCUT2D eigenvalue weighted by Gasteiger charge is 2.43. The van der Waals surface area contributed by atoms with Crippen LogP contribution in [0.15, 0.2) is 30.3 Å². The number of benzene rings is 1. The molecular formula is C18H26N4O2. The summed E-state index contributed by atoms with van der Waals surface area (Å²) >= 11 is 0. The quantitative estimate of drug-likeness (QED) is 0.832. The second-order valence-corrected chi connectivity index (χ2v) is 7.03. The van der Waals surface area contributed by atoms with Gasteiger partial charge in [-0.15, -0.1) is 0 Å². The largest absolute Gasteiger partial charge is 0.369 e. The van der Waals surface area contributed by atoms with Crippen LogP contribution in [0.3, 0.4) is 0 Å². The topological polar surface area (TPSA) is 55.9 Å². The van der Waals surface area contributed by atoms with Crippen LogP contribution in [0, 0.1) is 0 Å². The Balaban J connectivity index is 1.41. The molecule has 0 bridgehead atoms. The van der Waals surface area contributed by atoms with Crippen molar-refractivity contribution in [2.45, 2.75) is 25.8 Å². The maximum absolute atomic E-state index is 12.1. The predicted molar refractivity (Wildman–Crippen MR) is 94.0 cm³/mol. The number of nitrogens with one attached hydrogen (secondary N) is 1. The summed E-state index contributed by atoms with van der Waals surface area (Å²) in [7, 11) is 0. The molecule has 1 aromatic carbocycles. The Labute approximate surface area is 143 Å². The Hall–Kier alpha value is -2.08. The van der Waals surface area contributed by atoms with Gasteiger partial charge in [-0.1, -0.05) is 18.2 Å². The summed E-state index contributed by atoms with van der Waals surface area (Å²) < 4.78 is 0. The zero-order valence-electron chi connectivity index (χ0n) is 14.5. The fourth-order valence-corrected chi connectivity index (χ4v) is 3.34. The standard InChI is InChI=1S/C18H26N4O2/c1-18(2)16(23)22(17(24)19-18)10-6-9-20-11-13-21(14-12-20)15-7-4-3-5-8-15/h3-5,7-8H,6,9-14H2,1-2H3,(H,19,24). The number of carbonyl (C=O) groups is 2. The summed E-state index contributed by atoms with van der Waals surface area (Å²) in [5.74, 6) is -0.124. The molecule has 6 heteroatoms. The molecule has 0 aromatic heterocycles. The highest BCUT2D eigenvalue weighted by molar-refractivity contribution is 6.06. The average molecular weight is 330 g/mol. The van der Waals surface area contributed by atoms with Gasteiger partial charge in [0.2, 0.25) is 0 Å². The van der Waals surface area contributed by atoms with Crippen molar-refractivity contribution in [3.05, 3.63) is 30.3 Å². The molecule has 3 rings (SSSR count). The maximum atomic E-state index is 12.1. The molecule has 2 aliphatic heterocycles. The zero-order valence-corrected chi connectivity index (χ0v) is 14.5. The van der Waals surface area contributed by atoms with Crippen LogP contribution < -0.4 is 10.2 Å². The number of piperazine rings is 1. The molecule has 2 fully saturated rings. The smallest absolute Gasteiger partial charge is 0.325 e. The van der Waals surface area contributed by atoms with Crippen LogP contribution in [0.25, 0.3) is 0 Å². The molecule has 0 unspecified atom stereocenters. The molecule has 0 atom stereocenters. The number of hydrogen-bond donors (Lipinski definition) is 1. The van der Waals surface area contributed by atoms with Gasteiger partial charge >= 0.3 is 6.03 Å². The van der Waals surface area contributed by atoms with Gasteiger partial charge in [0.25, 0.3) is 5.91 Å². The van der Waals surface area contributed by atoms with Gasteiger partial charge in [0.15, 0.2) is 0 Å². The summed E-state index contributed by atoms with van der Waals surface area (Å²) in [6, 6.07) is 10.2. The first-order valence-corrected chi connectivity index (χ1v) is 8.64. The number of nitrogens with zero attached hydrogens (tertiary/aromatic N) is 3. The third-order valence-electron chi connectivity index (χ3n) is 4.79. The van der Waals surface area contributed by atoms with Crippen molar-refractivity contribution in [3.8, 4) is 0 Å². The van der Waals surface area contributed by atoms with Gasteiger partial charge in [-0.05, 0) is 38.9 Å². The molecular weight excluding hydrogens is 304 g/mol. The van der Waals surface area contributed by atoms with E-state index in [2.05, 4.69) is 39.4 Å². The zero-order chi connectivity index (χ0) is 17.2. The maximum Gasteiger partial charge on any atom is 0.325 e. The molecule has 3 amide bonds. The van der Waals surface area contributed by atoms with Crippen LogP contribution in [0.2, 0.25) is 0 Å². The number of hydrogen-bond acceptors (Lipinski definition) is 4. The van der Waals surface area contributed by atoms with Gasteiger partial charge in [0, 0.05) is 38.4 Å². The van der Waals surface area contributed by atoms with Crippen LogP contribution in [0.1, 0.15) is 20.3 Å². The fourth-order valence-electron chi connectivity index (χ4n) is 3.34. The SMILES string of the molecule is CC1(C)NC(=O)N(CCCN2CCN(c3ccccc3)CC2)C1=O. The van der Waals surface area contributed by atoms with E-state index in [1.807, 2.05) is 6.07 Å². The van der Waals surface area contributed by atoms with Crippen LogP contribution in [-0.4, -0.2) is 66.5 Å². The third kappa shape index (κ3) is 3.53. The minimum atomic E-state index is -0.765. The third-order valence-corrected chi connectivity index (χ3v) is 4.79. The number of carbonyl (C=O) groups excluding carboxylic acids is 2. The Morgan fingerprint density at radius 2 is 1.67 bits per heavy atom. The molecule has 2 heterocycles. The van der Waals surface area contributed by atoms with Gasteiger partial charge in [0.05, 0.1) is 0 Å². The van der Waals surface area contributed by atoms with Crippen molar-refractivity contribution in [1.82, 2.24) is 15.1 Å². The van der Waals surface area contributed by atoms with Gasteiger partial charge < -0.3 is 10.2 Å². The van der Waals surface area contributed by atoms with Crippen molar-refractivity contribution >= 4 is 17.6 Å². The second kappa shape index (κ2) is 6.81. The van der Waals surface area contributed by atoms with E-state index < -0.39 is 5.54 Å². The molecule has 130 valence electrons. The lowest BCUT2D eigenvalue weighted by Gasteiger charge is -2.36. The van der Waals surface area contributed by atoms with Crippen molar-refractivity contribution in [2.24, 2.45) is 0 Å². The lowest BCUT2D eigenvalue weighted by atomic mass is 10.1. The number of rotatable bonds is 5. The molecule has 2 saturated heterocycles. The normalized spacial score (nSPS) is 21.2. The van der Waals surface area contributed by atoms with E-state index in [9.17, 15) is 9.59 Å².